The predicted octanol–water partition coefficient (Wildman–Crippen LogP) is 2.73. The van der Waals surface area contributed by atoms with Crippen LogP contribution in [0.25, 0.3) is 0 Å². The molecule has 0 aliphatic carbocycles. The zero-order chi connectivity index (χ0) is 13.2. The van der Waals surface area contributed by atoms with Crippen molar-refractivity contribution in [1.29, 1.82) is 0 Å². The van der Waals surface area contributed by atoms with Crippen LogP contribution in [0.1, 0.15) is 21.6 Å². The van der Waals surface area contributed by atoms with Gasteiger partial charge in [-0.15, -0.1) is 0 Å². The van der Waals surface area contributed by atoms with Gasteiger partial charge in [0.05, 0.1) is 5.56 Å². The van der Waals surface area contributed by atoms with E-state index in [1.165, 1.54) is 24.4 Å². The molecule has 0 saturated heterocycles. The quantitative estimate of drug-likeness (QED) is 0.772. The van der Waals surface area contributed by atoms with Crippen molar-refractivity contribution in [3.05, 3.63) is 59.7 Å². The molecule has 1 aromatic carbocycles. The third kappa shape index (κ3) is 2.37. The SMILES string of the molecule is O=C(c1ccncn1)c1ccccc1C(F)(F)F. The van der Waals surface area contributed by atoms with Crippen LogP contribution in [-0.2, 0) is 6.18 Å². The normalized spacial score (nSPS) is 11.3. The summed E-state index contributed by atoms with van der Waals surface area (Å²) in [5, 5.41) is 0. The minimum atomic E-state index is -4.57. The third-order valence-electron chi connectivity index (χ3n) is 2.29. The van der Waals surface area contributed by atoms with Gasteiger partial charge in [-0.2, -0.15) is 13.2 Å². The first-order chi connectivity index (χ1) is 8.50. The molecule has 1 heterocycles. The van der Waals surface area contributed by atoms with E-state index in [1.807, 2.05) is 0 Å². The van der Waals surface area contributed by atoms with Crippen LogP contribution in [0.3, 0.4) is 0 Å². The van der Waals surface area contributed by atoms with Crippen molar-refractivity contribution < 1.29 is 18.0 Å². The highest BCUT2D eigenvalue weighted by atomic mass is 19.4. The zero-order valence-electron chi connectivity index (χ0n) is 8.98. The van der Waals surface area contributed by atoms with Crippen LogP contribution in [0, 0.1) is 0 Å². The van der Waals surface area contributed by atoms with Gasteiger partial charge >= 0.3 is 6.18 Å². The van der Waals surface area contributed by atoms with E-state index in [0.29, 0.717) is 0 Å². The van der Waals surface area contributed by atoms with E-state index in [0.717, 1.165) is 18.5 Å². The van der Waals surface area contributed by atoms with Crippen LogP contribution < -0.4 is 0 Å². The molecule has 18 heavy (non-hydrogen) atoms. The van der Waals surface area contributed by atoms with E-state index in [2.05, 4.69) is 9.97 Å². The lowest BCUT2D eigenvalue weighted by Gasteiger charge is -2.11. The largest absolute Gasteiger partial charge is 0.417 e. The van der Waals surface area contributed by atoms with Gasteiger partial charge in [0, 0.05) is 11.8 Å². The second-order valence-electron chi connectivity index (χ2n) is 3.47. The first kappa shape index (κ1) is 12.2. The Bertz CT molecular complexity index is 567. The lowest BCUT2D eigenvalue weighted by Crippen LogP contribution is -2.14. The van der Waals surface area contributed by atoms with Crippen LogP contribution in [0.2, 0.25) is 0 Å². The molecule has 0 bridgehead atoms. The van der Waals surface area contributed by atoms with Crippen LogP contribution in [-0.4, -0.2) is 15.8 Å². The van der Waals surface area contributed by atoms with Crippen LogP contribution in [0.15, 0.2) is 42.9 Å². The van der Waals surface area contributed by atoms with Crippen molar-refractivity contribution in [1.82, 2.24) is 9.97 Å². The van der Waals surface area contributed by atoms with Crippen molar-refractivity contribution in [2.75, 3.05) is 0 Å². The molecule has 0 aliphatic heterocycles. The summed E-state index contributed by atoms with van der Waals surface area (Å²) in [5.74, 6) is -0.773. The number of benzene rings is 1. The molecule has 6 heteroatoms. The molecule has 3 nitrogen and oxygen atoms in total. The van der Waals surface area contributed by atoms with Gasteiger partial charge in [-0.25, -0.2) is 9.97 Å². The smallest absolute Gasteiger partial charge is 0.287 e. The summed E-state index contributed by atoms with van der Waals surface area (Å²) in [7, 11) is 0. The molecule has 0 atom stereocenters. The minimum Gasteiger partial charge on any atom is -0.287 e. The molecule has 0 saturated carbocycles. The Hall–Kier alpha value is -2.24. The van der Waals surface area contributed by atoms with E-state index in [4.69, 9.17) is 0 Å². The number of nitrogens with zero attached hydrogens (tertiary/aromatic N) is 2. The van der Waals surface area contributed by atoms with Crippen molar-refractivity contribution in [2.45, 2.75) is 6.18 Å². The number of hydrogen-bond donors (Lipinski definition) is 0. The maximum absolute atomic E-state index is 12.7. The van der Waals surface area contributed by atoms with Gasteiger partial charge < -0.3 is 0 Å². The summed E-state index contributed by atoms with van der Waals surface area (Å²) in [6.45, 7) is 0. The van der Waals surface area contributed by atoms with Crippen LogP contribution in [0.5, 0.6) is 0 Å². The number of carbonyl (C=O) groups excluding carboxylic acids is 1. The van der Waals surface area contributed by atoms with Crippen LogP contribution >= 0.6 is 0 Å². The highest BCUT2D eigenvalue weighted by Crippen LogP contribution is 2.32. The Balaban J connectivity index is 2.50. The summed E-state index contributed by atoms with van der Waals surface area (Å²) in [5.41, 5.74) is -1.45. The van der Waals surface area contributed by atoms with Gasteiger partial charge in [0.15, 0.2) is 0 Å². The number of halogens is 3. The molecule has 0 radical (unpaired) electrons. The number of carbonyl (C=O) groups is 1. The van der Waals surface area contributed by atoms with Gasteiger partial charge in [-0.1, -0.05) is 18.2 Å². The van der Waals surface area contributed by atoms with Crippen molar-refractivity contribution in [3.63, 3.8) is 0 Å². The molecule has 92 valence electrons. The second kappa shape index (κ2) is 4.56. The molecular weight excluding hydrogens is 245 g/mol. The van der Waals surface area contributed by atoms with Crippen LogP contribution in [0.4, 0.5) is 13.2 Å². The highest BCUT2D eigenvalue weighted by molar-refractivity contribution is 6.08. The second-order valence-corrected chi connectivity index (χ2v) is 3.47. The number of rotatable bonds is 2. The van der Waals surface area contributed by atoms with Crippen molar-refractivity contribution in [2.24, 2.45) is 0 Å². The molecule has 0 aliphatic rings. The molecule has 0 N–H and O–H groups in total. The third-order valence-corrected chi connectivity index (χ3v) is 2.29. The van der Waals surface area contributed by atoms with Gasteiger partial charge in [0.2, 0.25) is 5.78 Å². The molecule has 2 aromatic rings. The maximum Gasteiger partial charge on any atom is 0.417 e. The lowest BCUT2D eigenvalue weighted by atomic mass is 10.0. The zero-order valence-corrected chi connectivity index (χ0v) is 8.98. The van der Waals surface area contributed by atoms with Gasteiger partial charge in [-0.05, 0) is 12.1 Å². The van der Waals surface area contributed by atoms with E-state index in [9.17, 15) is 18.0 Å². The molecule has 0 spiro atoms. The van der Waals surface area contributed by atoms with E-state index >= 15 is 0 Å². The number of ketones is 1. The molecular formula is C12H7F3N2O. The lowest BCUT2D eigenvalue weighted by molar-refractivity contribution is -0.137. The molecule has 2 rings (SSSR count). The summed E-state index contributed by atoms with van der Waals surface area (Å²) in [6, 6.07) is 5.89. The topological polar surface area (TPSA) is 42.9 Å². The molecule has 0 fully saturated rings. The van der Waals surface area contributed by atoms with E-state index < -0.39 is 23.1 Å². The standard InChI is InChI=1S/C12H7F3N2O/c13-12(14,15)9-4-2-1-3-8(9)11(18)10-5-6-16-7-17-10/h1-7H. The Kier molecular flexibility index (Phi) is 3.10. The van der Waals surface area contributed by atoms with Crippen molar-refractivity contribution in [3.8, 4) is 0 Å². The molecule has 1 aromatic heterocycles. The van der Waals surface area contributed by atoms with E-state index in [1.54, 1.807) is 0 Å². The van der Waals surface area contributed by atoms with Gasteiger partial charge in [0.1, 0.15) is 12.0 Å². The van der Waals surface area contributed by atoms with Gasteiger partial charge in [0.25, 0.3) is 0 Å². The Morgan fingerprint density at radius 1 is 1.11 bits per heavy atom. The summed E-state index contributed by atoms with van der Waals surface area (Å²) in [6.07, 6.45) is -2.15. The summed E-state index contributed by atoms with van der Waals surface area (Å²) in [4.78, 5) is 19.2. The fourth-order valence-electron chi connectivity index (χ4n) is 1.49. The number of aromatic nitrogens is 2. The first-order valence-corrected chi connectivity index (χ1v) is 4.97. The monoisotopic (exact) mass is 252 g/mol. The highest BCUT2D eigenvalue weighted by Gasteiger charge is 2.35. The summed E-state index contributed by atoms with van der Waals surface area (Å²) >= 11 is 0. The average molecular weight is 252 g/mol. The Morgan fingerprint density at radius 2 is 1.83 bits per heavy atom. The molecule has 0 unspecified atom stereocenters. The van der Waals surface area contributed by atoms with Crippen molar-refractivity contribution >= 4 is 5.78 Å². The number of hydrogen-bond acceptors (Lipinski definition) is 3. The first-order valence-electron chi connectivity index (χ1n) is 4.97. The number of alkyl halides is 3. The Morgan fingerprint density at radius 3 is 2.44 bits per heavy atom. The predicted molar refractivity (Wildman–Crippen MR) is 56.9 cm³/mol. The average Bonchev–Trinajstić information content (AvgIpc) is 2.38. The van der Waals surface area contributed by atoms with E-state index in [-0.39, 0.29) is 5.69 Å². The molecule has 0 amide bonds. The van der Waals surface area contributed by atoms with Gasteiger partial charge in [-0.3, -0.25) is 4.79 Å². The maximum atomic E-state index is 12.7. The minimum absolute atomic E-state index is 0.0679. The Labute approximate surface area is 100 Å². The fourth-order valence-corrected chi connectivity index (χ4v) is 1.49. The summed E-state index contributed by atoms with van der Waals surface area (Å²) < 4.78 is 38.2. The fraction of sp³-hybridized carbons (Fsp3) is 0.0833.